The van der Waals surface area contributed by atoms with Crippen LogP contribution in [0.1, 0.15) is 30.0 Å². The van der Waals surface area contributed by atoms with Crippen LogP contribution in [0.15, 0.2) is 47.4 Å². The summed E-state index contributed by atoms with van der Waals surface area (Å²) in [5, 5.41) is 11.4. The van der Waals surface area contributed by atoms with Crippen molar-refractivity contribution in [2.24, 2.45) is 0 Å². The maximum atomic E-state index is 11.3. The average Bonchev–Trinajstić information content (AvgIpc) is 2.79. The molecule has 0 aromatic heterocycles. The summed E-state index contributed by atoms with van der Waals surface area (Å²) in [6.07, 6.45) is 5.63. The number of ether oxygens (including phenoxy) is 1. The fourth-order valence-electron chi connectivity index (χ4n) is 4.06. The Morgan fingerprint density at radius 1 is 1.18 bits per heavy atom. The van der Waals surface area contributed by atoms with E-state index in [9.17, 15) is 9.90 Å². The number of carbonyl (C=O) groups is 1. The second-order valence-corrected chi connectivity index (χ2v) is 8.95. The molecule has 1 atom stereocenters. The number of hydrogen-bond donors (Lipinski definition) is 2. The Kier molecular flexibility index (Phi) is 7.78. The number of methoxy groups -OCH3 is 1. The first-order chi connectivity index (χ1) is 15.8. The molecular formula is C27H30N2O3S. The summed E-state index contributed by atoms with van der Waals surface area (Å²) in [4.78, 5) is 14.5. The Morgan fingerprint density at radius 2 is 1.88 bits per heavy atom. The van der Waals surface area contributed by atoms with E-state index in [0.717, 1.165) is 39.0 Å². The van der Waals surface area contributed by atoms with E-state index in [-0.39, 0.29) is 12.5 Å². The molecule has 172 valence electrons. The van der Waals surface area contributed by atoms with Crippen molar-refractivity contribution in [1.82, 2.24) is 0 Å². The maximum absolute atomic E-state index is 11.3. The van der Waals surface area contributed by atoms with Crippen LogP contribution in [0, 0.1) is 33.1 Å². The number of benzene rings is 3. The summed E-state index contributed by atoms with van der Waals surface area (Å²) in [6, 6.07) is 14.0. The van der Waals surface area contributed by atoms with Crippen molar-refractivity contribution in [3.8, 4) is 18.1 Å². The lowest BCUT2D eigenvalue weighted by Gasteiger charge is -2.30. The van der Waals surface area contributed by atoms with Crippen molar-refractivity contribution in [1.29, 1.82) is 0 Å². The number of rotatable bonds is 9. The number of carboxylic acids is 1. The van der Waals surface area contributed by atoms with Crippen LogP contribution in [0.4, 0.5) is 11.4 Å². The van der Waals surface area contributed by atoms with Gasteiger partial charge in [0.1, 0.15) is 5.75 Å². The van der Waals surface area contributed by atoms with Crippen molar-refractivity contribution in [2.45, 2.75) is 45.1 Å². The molecule has 2 N–H and O–H groups in total. The van der Waals surface area contributed by atoms with E-state index in [1.165, 1.54) is 10.5 Å². The SMILES string of the molecule is C#CCN(c1ccc(NSc2c(C)cc(OC)c(C)c2C)c2ccccc12)[C@@H](C)CC(=O)O. The standard InChI is InChI=1S/C27H30N2O3S/c1-7-14-29(18(3)16-26(30)31)24-13-12-23(21-10-8-9-11-22(21)24)28-33-27-17(2)15-25(32-6)19(4)20(27)5/h1,8-13,15,18,28H,14,16H2,2-6H3,(H,30,31)/t18-/m0/s1. The quantitative estimate of drug-likeness (QED) is 0.292. The normalized spacial score (nSPS) is 11.6. The first kappa shape index (κ1) is 24.3. The molecule has 0 aliphatic heterocycles. The highest BCUT2D eigenvalue weighted by molar-refractivity contribution is 8.00. The molecule has 0 aliphatic rings. The molecule has 0 saturated carbocycles. The number of fused-ring (bicyclic) bond motifs is 1. The number of anilines is 2. The zero-order valence-electron chi connectivity index (χ0n) is 19.7. The van der Waals surface area contributed by atoms with E-state index in [0.29, 0.717) is 6.54 Å². The lowest BCUT2D eigenvalue weighted by Crippen LogP contribution is -2.35. The second kappa shape index (κ2) is 10.5. The molecule has 0 fully saturated rings. The van der Waals surface area contributed by atoms with Crippen LogP contribution in [0.3, 0.4) is 0 Å². The zero-order valence-corrected chi connectivity index (χ0v) is 20.5. The number of aryl methyl sites for hydroxylation is 1. The molecule has 5 nitrogen and oxygen atoms in total. The second-order valence-electron chi connectivity index (χ2n) is 8.14. The maximum Gasteiger partial charge on any atom is 0.305 e. The van der Waals surface area contributed by atoms with Gasteiger partial charge < -0.3 is 19.5 Å². The van der Waals surface area contributed by atoms with Gasteiger partial charge in [-0.1, -0.05) is 30.2 Å². The molecule has 3 rings (SSSR count). The average molecular weight is 463 g/mol. The number of terminal acetylenes is 1. The minimum atomic E-state index is -0.843. The van der Waals surface area contributed by atoms with Gasteiger partial charge in [0.25, 0.3) is 0 Å². The third kappa shape index (κ3) is 5.20. The van der Waals surface area contributed by atoms with Crippen LogP contribution in [0.2, 0.25) is 0 Å². The van der Waals surface area contributed by atoms with E-state index in [4.69, 9.17) is 11.2 Å². The van der Waals surface area contributed by atoms with Crippen LogP contribution in [0.25, 0.3) is 10.8 Å². The number of nitrogens with one attached hydrogen (secondary N) is 1. The van der Waals surface area contributed by atoms with E-state index < -0.39 is 5.97 Å². The van der Waals surface area contributed by atoms with Gasteiger partial charge >= 0.3 is 5.97 Å². The first-order valence-corrected chi connectivity index (χ1v) is 11.6. The van der Waals surface area contributed by atoms with Crippen molar-refractivity contribution in [3.05, 3.63) is 59.2 Å². The fraction of sp³-hybridized carbons (Fsp3) is 0.296. The van der Waals surface area contributed by atoms with Crippen LogP contribution in [0.5, 0.6) is 5.75 Å². The molecule has 3 aromatic rings. The number of carboxylic acid groups (broad SMARTS) is 1. The Bertz CT molecular complexity index is 1220. The van der Waals surface area contributed by atoms with E-state index in [1.54, 1.807) is 19.1 Å². The van der Waals surface area contributed by atoms with E-state index in [1.807, 2.05) is 42.2 Å². The minimum Gasteiger partial charge on any atom is -0.496 e. The fourth-order valence-corrected chi connectivity index (χ4v) is 4.97. The topological polar surface area (TPSA) is 61.8 Å². The molecule has 0 unspecified atom stereocenters. The number of aliphatic carboxylic acids is 1. The highest BCUT2D eigenvalue weighted by Gasteiger charge is 2.20. The third-order valence-corrected chi connectivity index (χ3v) is 7.09. The molecule has 0 heterocycles. The smallest absolute Gasteiger partial charge is 0.305 e. The Balaban J connectivity index is 1.98. The number of nitrogens with zero attached hydrogens (tertiary/aromatic N) is 1. The third-order valence-electron chi connectivity index (χ3n) is 5.94. The summed E-state index contributed by atoms with van der Waals surface area (Å²) in [5.41, 5.74) is 5.38. The Labute approximate surface area is 200 Å². The lowest BCUT2D eigenvalue weighted by atomic mass is 10.0. The minimum absolute atomic E-state index is 0.0151. The van der Waals surface area contributed by atoms with Crippen molar-refractivity contribution in [2.75, 3.05) is 23.3 Å². The van der Waals surface area contributed by atoms with Gasteiger partial charge in [-0.05, 0) is 74.5 Å². The van der Waals surface area contributed by atoms with Gasteiger partial charge in [-0.15, -0.1) is 6.42 Å². The van der Waals surface area contributed by atoms with Gasteiger partial charge in [0, 0.05) is 27.4 Å². The predicted octanol–water partition coefficient (Wildman–Crippen LogP) is 6.20. The molecule has 0 spiro atoms. The van der Waals surface area contributed by atoms with Gasteiger partial charge in [-0.2, -0.15) is 0 Å². The Morgan fingerprint density at radius 3 is 2.52 bits per heavy atom. The van der Waals surface area contributed by atoms with Gasteiger partial charge in [0.15, 0.2) is 0 Å². The molecule has 0 aliphatic carbocycles. The van der Waals surface area contributed by atoms with Crippen LogP contribution >= 0.6 is 11.9 Å². The zero-order chi connectivity index (χ0) is 24.1. The Hall–Kier alpha value is -3.30. The largest absolute Gasteiger partial charge is 0.496 e. The van der Waals surface area contributed by atoms with Gasteiger partial charge in [-0.3, -0.25) is 4.79 Å². The van der Waals surface area contributed by atoms with E-state index >= 15 is 0 Å². The predicted molar refractivity (Wildman–Crippen MR) is 139 cm³/mol. The highest BCUT2D eigenvalue weighted by Crippen LogP contribution is 2.38. The molecular weight excluding hydrogens is 432 g/mol. The molecule has 33 heavy (non-hydrogen) atoms. The molecule has 0 radical (unpaired) electrons. The van der Waals surface area contributed by atoms with Crippen molar-refractivity contribution >= 4 is 40.1 Å². The summed E-state index contributed by atoms with van der Waals surface area (Å²) in [6.45, 7) is 8.49. The molecule has 0 amide bonds. The van der Waals surface area contributed by atoms with Gasteiger partial charge in [-0.25, -0.2) is 0 Å². The molecule has 0 saturated heterocycles. The van der Waals surface area contributed by atoms with Crippen molar-refractivity contribution in [3.63, 3.8) is 0 Å². The lowest BCUT2D eigenvalue weighted by molar-refractivity contribution is -0.137. The molecule has 6 heteroatoms. The summed E-state index contributed by atoms with van der Waals surface area (Å²) in [5.74, 6) is 2.73. The van der Waals surface area contributed by atoms with Crippen LogP contribution in [-0.2, 0) is 4.79 Å². The monoisotopic (exact) mass is 462 g/mol. The van der Waals surface area contributed by atoms with Crippen LogP contribution < -0.4 is 14.4 Å². The molecule has 3 aromatic carbocycles. The van der Waals surface area contributed by atoms with Gasteiger partial charge in [0.2, 0.25) is 0 Å². The number of hydrogen-bond acceptors (Lipinski definition) is 5. The summed E-state index contributed by atoms with van der Waals surface area (Å²) in [7, 11) is 1.70. The first-order valence-electron chi connectivity index (χ1n) is 10.8. The van der Waals surface area contributed by atoms with Crippen LogP contribution in [-0.4, -0.2) is 30.8 Å². The summed E-state index contributed by atoms with van der Waals surface area (Å²) >= 11 is 1.58. The molecule has 0 bridgehead atoms. The summed E-state index contributed by atoms with van der Waals surface area (Å²) < 4.78 is 9.03. The van der Waals surface area contributed by atoms with E-state index in [2.05, 4.69) is 43.5 Å². The van der Waals surface area contributed by atoms with Gasteiger partial charge in [0.05, 0.1) is 25.8 Å². The van der Waals surface area contributed by atoms with Crippen molar-refractivity contribution < 1.29 is 14.6 Å². The highest BCUT2D eigenvalue weighted by atomic mass is 32.2.